The van der Waals surface area contributed by atoms with E-state index >= 15 is 0 Å². The lowest BCUT2D eigenvalue weighted by Gasteiger charge is -2.04. The highest BCUT2D eigenvalue weighted by atomic mass is 79.9. The zero-order chi connectivity index (χ0) is 16.0. The van der Waals surface area contributed by atoms with Crippen LogP contribution in [0.4, 0.5) is 5.69 Å². The van der Waals surface area contributed by atoms with E-state index in [0.29, 0.717) is 5.58 Å². The number of carbonyl (C=O) groups is 1. The van der Waals surface area contributed by atoms with Crippen LogP contribution < -0.4 is 5.32 Å². The lowest BCUT2D eigenvalue weighted by molar-refractivity contribution is 0.0999. The van der Waals surface area contributed by atoms with Gasteiger partial charge in [0.25, 0.3) is 5.91 Å². The third-order valence-electron chi connectivity index (χ3n) is 3.78. The number of aromatic nitrogens is 1. The van der Waals surface area contributed by atoms with Crippen molar-refractivity contribution in [2.24, 2.45) is 0 Å². The molecule has 0 atom stereocenters. The van der Waals surface area contributed by atoms with Crippen LogP contribution in [0.5, 0.6) is 0 Å². The maximum absolute atomic E-state index is 12.5. The zero-order valence-corrected chi connectivity index (χ0v) is 13.9. The zero-order valence-electron chi connectivity index (χ0n) is 12.3. The van der Waals surface area contributed by atoms with Gasteiger partial charge in [0.05, 0.1) is 5.69 Å². The van der Waals surface area contributed by atoms with Crippen molar-refractivity contribution in [1.29, 1.82) is 0 Å². The van der Waals surface area contributed by atoms with E-state index in [-0.39, 0.29) is 11.7 Å². The molecule has 2 N–H and O–H groups in total. The molecular formula is C18H13BrN2O2. The number of benzene rings is 2. The van der Waals surface area contributed by atoms with Gasteiger partial charge in [0.15, 0.2) is 5.76 Å². The van der Waals surface area contributed by atoms with E-state index in [1.165, 1.54) is 0 Å². The van der Waals surface area contributed by atoms with Crippen molar-refractivity contribution in [2.45, 2.75) is 6.92 Å². The van der Waals surface area contributed by atoms with Crippen molar-refractivity contribution in [3.63, 3.8) is 0 Å². The van der Waals surface area contributed by atoms with E-state index in [9.17, 15) is 4.79 Å². The SMILES string of the molecule is Cc1cc2c(NC(=O)c3cc4c(Br)cccc4o3)cccc2[nH]1. The highest BCUT2D eigenvalue weighted by Crippen LogP contribution is 2.28. The monoisotopic (exact) mass is 368 g/mol. The van der Waals surface area contributed by atoms with Gasteiger partial charge in [-0.1, -0.05) is 28.1 Å². The molecule has 5 heteroatoms. The Bertz CT molecular complexity index is 1050. The van der Waals surface area contributed by atoms with E-state index in [0.717, 1.165) is 32.1 Å². The van der Waals surface area contributed by atoms with Crippen molar-refractivity contribution >= 4 is 49.4 Å². The number of H-pyrrole nitrogens is 1. The number of nitrogens with one attached hydrogen (secondary N) is 2. The van der Waals surface area contributed by atoms with Crippen LogP contribution in [0.1, 0.15) is 16.2 Å². The second kappa shape index (κ2) is 5.28. The minimum Gasteiger partial charge on any atom is -0.451 e. The summed E-state index contributed by atoms with van der Waals surface area (Å²) < 4.78 is 6.55. The average molecular weight is 369 g/mol. The smallest absolute Gasteiger partial charge is 0.291 e. The van der Waals surface area contributed by atoms with Crippen LogP contribution >= 0.6 is 15.9 Å². The summed E-state index contributed by atoms with van der Waals surface area (Å²) in [6.07, 6.45) is 0. The Labute approximate surface area is 140 Å². The Morgan fingerprint density at radius 3 is 2.78 bits per heavy atom. The van der Waals surface area contributed by atoms with Gasteiger partial charge in [-0.15, -0.1) is 0 Å². The van der Waals surface area contributed by atoms with E-state index < -0.39 is 0 Å². The molecule has 0 saturated heterocycles. The predicted molar refractivity (Wildman–Crippen MR) is 94.9 cm³/mol. The second-order valence-electron chi connectivity index (χ2n) is 5.44. The number of amides is 1. The van der Waals surface area contributed by atoms with Gasteiger partial charge < -0.3 is 14.7 Å². The van der Waals surface area contributed by atoms with Crippen molar-refractivity contribution in [2.75, 3.05) is 5.32 Å². The maximum Gasteiger partial charge on any atom is 0.291 e. The quantitative estimate of drug-likeness (QED) is 0.508. The third kappa shape index (κ3) is 2.43. The Morgan fingerprint density at radius 1 is 1.13 bits per heavy atom. The number of hydrogen-bond donors (Lipinski definition) is 2. The fourth-order valence-corrected chi connectivity index (χ4v) is 3.19. The highest BCUT2D eigenvalue weighted by molar-refractivity contribution is 9.10. The molecule has 2 aromatic heterocycles. The van der Waals surface area contributed by atoms with Crippen LogP contribution in [-0.4, -0.2) is 10.9 Å². The fourth-order valence-electron chi connectivity index (χ4n) is 2.72. The van der Waals surface area contributed by atoms with E-state index in [2.05, 4.69) is 26.2 Å². The first-order chi connectivity index (χ1) is 11.1. The molecule has 0 aliphatic carbocycles. The average Bonchev–Trinajstić information content (AvgIpc) is 3.11. The largest absolute Gasteiger partial charge is 0.451 e. The Balaban J connectivity index is 1.72. The topological polar surface area (TPSA) is 58.0 Å². The standard InChI is InChI=1S/C18H13BrN2O2/c1-10-8-12-14(20-10)5-3-6-15(12)21-18(22)17-9-11-13(19)4-2-7-16(11)23-17/h2-9,20H,1H3,(H,21,22). The van der Waals surface area contributed by atoms with Gasteiger partial charge in [-0.25, -0.2) is 0 Å². The third-order valence-corrected chi connectivity index (χ3v) is 4.47. The minimum atomic E-state index is -0.264. The van der Waals surface area contributed by atoms with Crippen molar-refractivity contribution in [1.82, 2.24) is 4.98 Å². The molecule has 114 valence electrons. The number of furan rings is 1. The molecule has 0 fully saturated rings. The van der Waals surface area contributed by atoms with Crippen LogP contribution in [-0.2, 0) is 0 Å². The molecule has 0 saturated carbocycles. The van der Waals surface area contributed by atoms with Crippen LogP contribution in [0.15, 0.2) is 57.4 Å². The van der Waals surface area contributed by atoms with Crippen LogP contribution in [0.3, 0.4) is 0 Å². The van der Waals surface area contributed by atoms with Gasteiger partial charge >= 0.3 is 0 Å². The molecule has 1 amide bonds. The number of anilines is 1. The Kier molecular flexibility index (Phi) is 3.23. The van der Waals surface area contributed by atoms with Crippen LogP contribution in [0.25, 0.3) is 21.9 Å². The van der Waals surface area contributed by atoms with Gasteiger partial charge in [0, 0.05) is 26.5 Å². The van der Waals surface area contributed by atoms with Crippen LogP contribution in [0, 0.1) is 6.92 Å². The number of hydrogen-bond acceptors (Lipinski definition) is 2. The fraction of sp³-hybridized carbons (Fsp3) is 0.0556. The summed E-state index contributed by atoms with van der Waals surface area (Å²) in [7, 11) is 0. The van der Waals surface area contributed by atoms with E-state index in [4.69, 9.17) is 4.42 Å². The Morgan fingerprint density at radius 2 is 1.96 bits per heavy atom. The molecule has 0 aliphatic heterocycles. The number of aryl methyl sites for hydroxylation is 1. The molecule has 23 heavy (non-hydrogen) atoms. The number of fused-ring (bicyclic) bond motifs is 2. The molecule has 0 spiro atoms. The first-order valence-electron chi connectivity index (χ1n) is 7.19. The summed E-state index contributed by atoms with van der Waals surface area (Å²) in [6.45, 7) is 1.99. The summed E-state index contributed by atoms with van der Waals surface area (Å²) in [4.78, 5) is 15.8. The first-order valence-corrected chi connectivity index (χ1v) is 7.99. The molecule has 4 aromatic rings. The maximum atomic E-state index is 12.5. The summed E-state index contributed by atoms with van der Waals surface area (Å²) in [6, 6.07) is 15.2. The Hall–Kier alpha value is -2.53. The summed E-state index contributed by atoms with van der Waals surface area (Å²) in [5.74, 6) is 0.0237. The number of carbonyl (C=O) groups excluding carboxylic acids is 1. The van der Waals surface area contributed by atoms with Crippen molar-refractivity contribution in [3.8, 4) is 0 Å². The normalized spacial score (nSPS) is 11.2. The molecule has 0 aliphatic rings. The summed E-state index contributed by atoms with van der Waals surface area (Å²) in [5.41, 5.74) is 3.48. The number of halogens is 1. The molecule has 0 radical (unpaired) electrons. The predicted octanol–water partition coefficient (Wildman–Crippen LogP) is 5.24. The van der Waals surface area contributed by atoms with Crippen LogP contribution in [0.2, 0.25) is 0 Å². The molecule has 2 aromatic carbocycles. The minimum absolute atomic E-state index is 0.264. The van der Waals surface area contributed by atoms with Gasteiger partial charge in [-0.05, 0) is 43.3 Å². The highest BCUT2D eigenvalue weighted by Gasteiger charge is 2.15. The number of aromatic amines is 1. The van der Waals surface area contributed by atoms with E-state index in [1.807, 2.05) is 49.4 Å². The second-order valence-corrected chi connectivity index (χ2v) is 6.29. The first kappa shape index (κ1) is 14.1. The number of rotatable bonds is 2. The van der Waals surface area contributed by atoms with Gasteiger partial charge in [0.1, 0.15) is 5.58 Å². The van der Waals surface area contributed by atoms with Gasteiger partial charge in [-0.3, -0.25) is 4.79 Å². The van der Waals surface area contributed by atoms with Gasteiger partial charge in [0.2, 0.25) is 0 Å². The van der Waals surface area contributed by atoms with Crippen molar-refractivity contribution in [3.05, 3.63) is 64.5 Å². The lowest BCUT2D eigenvalue weighted by Crippen LogP contribution is -2.10. The lowest BCUT2D eigenvalue weighted by atomic mass is 10.2. The molecular weight excluding hydrogens is 356 g/mol. The summed E-state index contributed by atoms with van der Waals surface area (Å²) >= 11 is 3.47. The molecule has 4 nitrogen and oxygen atoms in total. The molecule has 0 unspecified atom stereocenters. The van der Waals surface area contributed by atoms with Crippen molar-refractivity contribution < 1.29 is 9.21 Å². The molecule has 2 heterocycles. The summed E-state index contributed by atoms with van der Waals surface area (Å²) in [5, 5.41) is 4.79. The van der Waals surface area contributed by atoms with Gasteiger partial charge in [-0.2, -0.15) is 0 Å². The van der Waals surface area contributed by atoms with E-state index in [1.54, 1.807) is 6.07 Å². The molecule has 0 bridgehead atoms. The molecule has 4 rings (SSSR count).